The number of nitrogens with zero attached hydrogens (tertiary/aromatic N) is 3. The number of fused-ring (bicyclic) bond motifs is 7. The van der Waals surface area contributed by atoms with Gasteiger partial charge in [-0.05, 0) is 41.8 Å². The molecule has 0 spiro atoms. The van der Waals surface area contributed by atoms with E-state index < -0.39 is 0 Å². The molecule has 5 aromatic carbocycles. The first kappa shape index (κ1) is 21.0. The zero-order valence-corrected chi connectivity index (χ0v) is 20.6. The molecule has 8 rings (SSSR count). The quantitative estimate of drug-likeness (QED) is 0.245. The second kappa shape index (κ2) is 8.19. The minimum absolute atomic E-state index is 0.973. The number of hydrogen-bond donors (Lipinski definition) is 0. The Morgan fingerprint density at radius 2 is 1.18 bits per heavy atom. The van der Waals surface area contributed by atoms with Gasteiger partial charge in [0.05, 0.1) is 34.1 Å². The highest BCUT2D eigenvalue weighted by Crippen LogP contribution is 2.40. The first-order chi connectivity index (χ1) is 18.9. The fourth-order valence-corrected chi connectivity index (χ4v) is 5.85. The standard InChI is InChI=1S/C35H23N3/c1-3-10-25(11-4-1)32-19-16-27(23-36-32)38-34-28-14-8-7-9-24(28)15-17-29(34)30-18-20-33-31(35(30)38)21-22-37(33)26-12-5-2-6-13-26/h1-23H. The lowest BCUT2D eigenvalue weighted by Gasteiger charge is -2.11. The van der Waals surface area contributed by atoms with Gasteiger partial charge in [0, 0.05) is 39.0 Å². The summed E-state index contributed by atoms with van der Waals surface area (Å²) in [4.78, 5) is 4.91. The van der Waals surface area contributed by atoms with Crippen LogP contribution in [0.5, 0.6) is 0 Å². The van der Waals surface area contributed by atoms with Crippen LogP contribution in [0.4, 0.5) is 0 Å². The van der Waals surface area contributed by atoms with E-state index in [2.05, 4.69) is 137 Å². The lowest BCUT2D eigenvalue weighted by atomic mass is 10.1. The highest BCUT2D eigenvalue weighted by atomic mass is 15.0. The third-order valence-electron chi connectivity index (χ3n) is 7.59. The van der Waals surface area contributed by atoms with Crippen molar-refractivity contribution in [3.63, 3.8) is 0 Å². The SMILES string of the molecule is c1ccc(-c2ccc(-n3c4c5ccccc5ccc4c4ccc5c(ccn5-c5ccccc5)c43)cn2)cc1. The summed E-state index contributed by atoms with van der Waals surface area (Å²) in [6, 6.07) is 45.1. The van der Waals surface area contributed by atoms with Crippen LogP contribution in [0.1, 0.15) is 0 Å². The molecule has 0 saturated carbocycles. The maximum absolute atomic E-state index is 4.91. The van der Waals surface area contributed by atoms with Crippen LogP contribution in [-0.4, -0.2) is 14.1 Å². The molecule has 3 aromatic heterocycles. The summed E-state index contributed by atoms with van der Waals surface area (Å²) in [5.41, 5.74) is 7.91. The maximum Gasteiger partial charge on any atom is 0.0703 e. The van der Waals surface area contributed by atoms with E-state index in [1.165, 1.54) is 43.5 Å². The minimum atomic E-state index is 0.973. The average molecular weight is 486 g/mol. The summed E-state index contributed by atoms with van der Waals surface area (Å²) in [5.74, 6) is 0. The van der Waals surface area contributed by atoms with Crippen LogP contribution < -0.4 is 0 Å². The van der Waals surface area contributed by atoms with Crippen molar-refractivity contribution in [3.8, 4) is 22.6 Å². The Morgan fingerprint density at radius 1 is 0.474 bits per heavy atom. The molecular weight excluding hydrogens is 462 g/mol. The molecule has 0 fully saturated rings. The van der Waals surface area contributed by atoms with Crippen LogP contribution in [-0.2, 0) is 0 Å². The van der Waals surface area contributed by atoms with Gasteiger partial charge in [0.25, 0.3) is 0 Å². The molecule has 3 nitrogen and oxygen atoms in total. The zero-order valence-electron chi connectivity index (χ0n) is 20.6. The van der Waals surface area contributed by atoms with E-state index >= 15 is 0 Å². The number of benzene rings is 5. The molecule has 0 aliphatic heterocycles. The summed E-state index contributed by atoms with van der Waals surface area (Å²) < 4.78 is 4.68. The van der Waals surface area contributed by atoms with Crippen LogP contribution in [0.2, 0.25) is 0 Å². The molecule has 38 heavy (non-hydrogen) atoms. The van der Waals surface area contributed by atoms with Crippen LogP contribution in [0.15, 0.2) is 140 Å². The third kappa shape index (κ3) is 3.06. The molecule has 0 N–H and O–H groups in total. The predicted octanol–water partition coefficient (Wildman–Crippen LogP) is 8.94. The van der Waals surface area contributed by atoms with E-state index in [4.69, 9.17) is 4.98 Å². The summed E-state index contributed by atoms with van der Waals surface area (Å²) in [6.45, 7) is 0. The summed E-state index contributed by atoms with van der Waals surface area (Å²) in [5, 5.41) is 6.19. The van der Waals surface area contributed by atoms with Crippen LogP contribution in [0.3, 0.4) is 0 Å². The molecule has 0 radical (unpaired) electrons. The Labute approximate surface area is 219 Å². The summed E-state index contributed by atoms with van der Waals surface area (Å²) in [7, 11) is 0. The highest BCUT2D eigenvalue weighted by Gasteiger charge is 2.19. The number of rotatable bonds is 3. The van der Waals surface area contributed by atoms with E-state index in [1.54, 1.807) is 0 Å². The van der Waals surface area contributed by atoms with E-state index in [-0.39, 0.29) is 0 Å². The van der Waals surface area contributed by atoms with Crippen molar-refractivity contribution < 1.29 is 0 Å². The van der Waals surface area contributed by atoms with Crippen molar-refractivity contribution in [3.05, 3.63) is 140 Å². The highest BCUT2D eigenvalue weighted by molar-refractivity contribution is 6.23. The van der Waals surface area contributed by atoms with Crippen molar-refractivity contribution in [2.45, 2.75) is 0 Å². The van der Waals surface area contributed by atoms with Gasteiger partial charge in [-0.1, -0.05) is 91.0 Å². The van der Waals surface area contributed by atoms with Gasteiger partial charge >= 0.3 is 0 Å². The Kier molecular flexibility index (Phi) is 4.52. The molecule has 3 heterocycles. The molecule has 0 unspecified atom stereocenters. The smallest absolute Gasteiger partial charge is 0.0703 e. The van der Waals surface area contributed by atoms with Gasteiger partial charge < -0.3 is 9.13 Å². The van der Waals surface area contributed by atoms with Crippen molar-refractivity contribution in [1.29, 1.82) is 0 Å². The lowest BCUT2D eigenvalue weighted by molar-refractivity contribution is 1.13. The van der Waals surface area contributed by atoms with Gasteiger partial charge in [-0.3, -0.25) is 4.98 Å². The zero-order chi connectivity index (χ0) is 25.1. The average Bonchev–Trinajstić information content (AvgIpc) is 3.58. The van der Waals surface area contributed by atoms with Crippen LogP contribution >= 0.6 is 0 Å². The van der Waals surface area contributed by atoms with Gasteiger partial charge in [-0.15, -0.1) is 0 Å². The molecule has 0 bridgehead atoms. The molecule has 0 aliphatic rings. The van der Waals surface area contributed by atoms with Gasteiger partial charge in [-0.2, -0.15) is 0 Å². The van der Waals surface area contributed by atoms with Crippen molar-refractivity contribution in [2.75, 3.05) is 0 Å². The monoisotopic (exact) mass is 485 g/mol. The van der Waals surface area contributed by atoms with Gasteiger partial charge in [0.1, 0.15) is 0 Å². The predicted molar refractivity (Wildman–Crippen MR) is 158 cm³/mol. The van der Waals surface area contributed by atoms with Crippen LogP contribution in [0.25, 0.3) is 66.1 Å². The summed E-state index contributed by atoms with van der Waals surface area (Å²) in [6.07, 6.45) is 4.19. The Morgan fingerprint density at radius 3 is 1.97 bits per heavy atom. The Bertz CT molecular complexity index is 2100. The number of para-hydroxylation sites is 1. The topological polar surface area (TPSA) is 22.8 Å². The van der Waals surface area contributed by atoms with Crippen LogP contribution in [0, 0.1) is 0 Å². The molecule has 0 amide bonds. The van der Waals surface area contributed by atoms with E-state index in [9.17, 15) is 0 Å². The molecule has 0 aliphatic carbocycles. The fraction of sp³-hybridized carbons (Fsp3) is 0. The first-order valence-electron chi connectivity index (χ1n) is 12.9. The summed E-state index contributed by atoms with van der Waals surface area (Å²) >= 11 is 0. The second-order valence-electron chi connectivity index (χ2n) is 9.70. The lowest BCUT2D eigenvalue weighted by Crippen LogP contribution is -1.97. The third-order valence-corrected chi connectivity index (χ3v) is 7.59. The van der Waals surface area contributed by atoms with Gasteiger partial charge in [0.15, 0.2) is 0 Å². The number of pyridine rings is 1. The van der Waals surface area contributed by atoms with Crippen molar-refractivity contribution in [2.24, 2.45) is 0 Å². The first-order valence-corrected chi connectivity index (χ1v) is 12.9. The van der Waals surface area contributed by atoms with E-state index in [1.807, 2.05) is 12.3 Å². The molecular formula is C35H23N3. The molecule has 8 aromatic rings. The minimum Gasteiger partial charge on any atom is -0.316 e. The second-order valence-corrected chi connectivity index (χ2v) is 9.70. The fourth-order valence-electron chi connectivity index (χ4n) is 5.85. The van der Waals surface area contributed by atoms with Crippen molar-refractivity contribution in [1.82, 2.24) is 14.1 Å². The molecule has 0 saturated heterocycles. The maximum atomic E-state index is 4.91. The van der Waals surface area contributed by atoms with Crippen molar-refractivity contribution >= 4 is 43.5 Å². The normalized spacial score (nSPS) is 11.7. The van der Waals surface area contributed by atoms with E-state index in [0.717, 1.165) is 22.6 Å². The Balaban J connectivity index is 1.48. The molecule has 0 atom stereocenters. The number of hydrogen-bond acceptors (Lipinski definition) is 1. The number of aromatic nitrogens is 3. The Hall–Kier alpha value is -5.15. The molecule has 3 heteroatoms. The van der Waals surface area contributed by atoms with Gasteiger partial charge in [-0.25, -0.2) is 0 Å². The largest absolute Gasteiger partial charge is 0.316 e. The molecule has 178 valence electrons. The van der Waals surface area contributed by atoms with Gasteiger partial charge in [0.2, 0.25) is 0 Å². The van der Waals surface area contributed by atoms with E-state index in [0.29, 0.717) is 0 Å².